The maximum absolute atomic E-state index is 12.4. The van der Waals surface area contributed by atoms with Crippen LogP contribution < -0.4 is 10.1 Å². The lowest BCUT2D eigenvalue weighted by Crippen LogP contribution is -2.10. The monoisotopic (exact) mass is 411 g/mol. The summed E-state index contributed by atoms with van der Waals surface area (Å²) in [4.78, 5) is 20.3. The van der Waals surface area contributed by atoms with Gasteiger partial charge in [0, 0.05) is 23.1 Å². The van der Waals surface area contributed by atoms with Crippen molar-refractivity contribution in [3.05, 3.63) is 59.8 Å². The number of para-hydroxylation sites is 1. The quantitative estimate of drug-likeness (QED) is 0.334. The number of aromatic nitrogens is 1. The van der Waals surface area contributed by atoms with Crippen molar-refractivity contribution in [3.8, 4) is 5.75 Å². The number of aromatic amines is 1. The van der Waals surface area contributed by atoms with Crippen LogP contribution in [-0.4, -0.2) is 42.6 Å². The van der Waals surface area contributed by atoms with E-state index in [1.807, 2.05) is 54.8 Å². The Morgan fingerprint density at radius 3 is 2.69 bits per heavy atom. The lowest BCUT2D eigenvalue weighted by molar-refractivity contribution is 0.0519. The summed E-state index contributed by atoms with van der Waals surface area (Å²) in [6.07, 6.45) is 2.58. The van der Waals surface area contributed by atoms with E-state index in [0.717, 1.165) is 33.1 Å². The van der Waals surface area contributed by atoms with E-state index in [0.29, 0.717) is 25.3 Å². The smallest absolute Gasteiger partial charge is 0.355 e. The molecule has 2 N–H and O–H groups in total. The number of anilines is 1. The summed E-state index contributed by atoms with van der Waals surface area (Å²) in [5.74, 6) is 0.390. The number of amidine groups is 1. The number of aliphatic imine (C=N–C) groups is 1. The molecule has 0 atom stereocenters. The van der Waals surface area contributed by atoms with Crippen molar-refractivity contribution in [3.63, 3.8) is 0 Å². The molecule has 0 unspecified atom stereocenters. The first-order valence-corrected chi connectivity index (χ1v) is 10.6. The van der Waals surface area contributed by atoms with Crippen LogP contribution in [0.15, 0.2) is 53.5 Å². The summed E-state index contributed by atoms with van der Waals surface area (Å²) in [6.45, 7) is 2.66. The predicted molar refractivity (Wildman–Crippen MR) is 120 cm³/mol. The van der Waals surface area contributed by atoms with Crippen LogP contribution in [0.4, 0.5) is 5.69 Å². The average molecular weight is 412 g/mol. The molecular formula is C22H25N3O3S. The highest BCUT2D eigenvalue weighted by atomic mass is 32.2. The third-order valence-corrected chi connectivity index (χ3v) is 5.05. The minimum atomic E-state index is -0.353. The minimum absolute atomic E-state index is 0.326. The van der Waals surface area contributed by atoms with Gasteiger partial charge in [0.1, 0.15) is 11.4 Å². The fourth-order valence-electron chi connectivity index (χ4n) is 3.06. The number of hydrogen-bond acceptors (Lipinski definition) is 5. The molecule has 0 saturated carbocycles. The fourth-order valence-corrected chi connectivity index (χ4v) is 3.50. The lowest BCUT2D eigenvalue weighted by atomic mass is 10.1. The fraction of sp³-hybridized carbons (Fsp3) is 0.273. The zero-order valence-corrected chi connectivity index (χ0v) is 17.6. The lowest BCUT2D eigenvalue weighted by Gasteiger charge is -2.08. The van der Waals surface area contributed by atoms with Gasteiger partial charge in [-0.2, -0.15) is 0 Å². The second-order valence-corrected chi connectivity index (χ2v) is 7.04. The average Bonchev–Trinajstić information content (AvgIpc) is 3.11. The molecule has 6 nitrogen and oxygen atoms in total. The summed E-state index contributed by atoms with van der Waals surface area (Å²) < 4.78 is 10.6. The van der Waals surface area contributed by atoms with Crippen LogP contribution in [0.5, 0.6) is 5.75 Å². The zero-order valence-electron chi connectivity index (χ0n) is 16.8. The molecule has 7 heteroatoms. The number of benzene rings is 2. The summed E-state index contributed by atoms with van der Waals surface area (Å²) in [5, 5.41) is 5.09. The van der Waals surface area contributed by atoms with E-state index in [2.05, 4.69) is 15.3 Å². The summed E-state index contributed by atoms with van der Waals surface area (Å²) in [7, 11) is 1.63. The first-order chi connectivity index (χ1) is 14.2. The molecule has 3 rings (SSSR count). The molecule has 0 bridgehead atoms. The van der Waals surface area contributed by atoms with Gasteiger partial charge in [0.15, 0.2) is 5.17 Å². The number of thioether (sulfide) groups is 1. The van der Waals surface area contributed by atoms with Crippen LogP contribution in [0.2, 0.25) is 0 Å². The van der Waals surface area contributed by atoms with E-state index >= 15 is 0 Å². The van der Waals surface area contributed by atoms with Crippen LogP contribution in [0.25, 0.3) is 10.9 Å². The molecule has 0 aliphatic heterocycles. The van der Waals surface area contributed by atoms with Crippen molar-refractivity contribution < 1.29 is 14.3 Å². The normalized spacial score (nSPS) is 11.5. The van der Waals surface area contributed by atoms with Gasteiger partial charge >= 0.3 is 5.97 Å². The molecule has 0 saturated heterocycles. The highest BCUT2D eigenvalue weighted by molar-refractivity contribution is 8.13. The summed E-state index contributed by atoms with van der Waals surface area (Å²) in [6, 6.07) is 15.6. The number of H-pyrrole nitrogens is 1. The Balaban J connectivity index is 1.85. The van der Waals surface area contributed by atoms with Crippen LogP contribution in [0.3, 0.4) is 0 Å². The topological polar surface area (TPSA) is 75.7 Å². The number of ether oxygens (including phenoxy) is 2. The molecule has 0 spiro atoms. The van der Waals surface area contributed by atoms with Gasteiger partial charge in [0.2, 0.25) is 0 Å². The molecule has 1 heterocycles. The Hall–Kier alpha value is -2.93. The summed E-state index contributed by atoms with van der Waals surface area (Å²) in [5.41, 5.74) is 3.23. The molecule has 3 aromatic rings. The molecule has 0 aliphatic carbocycles. The van der Waals surface area contributed by atoms with Crippen molar-refractivity contribution in [2.24, 2.45) is 4.99 Å². The van der Waals surface area contributed by atoms with Crippen molar-refractivity contribution in [1.29, 1.82) is 0 Å². The number of carbonyl (C=O) groups excluding carboxylic acids is 1. The number of methoxy groups -OCH3 is 1. The minimum Gasteiger partial charge on any atom is -0.497 e. The van der Waals surface area contributed by atoms with E-state index in [-0.39, 0.29) is 5.97 Å². The maximum Gasteiger partial charge on any atom is 0.355 e. The first-order valence-electron chi connectivity index (χ1n) is 9.42. The Labute approximate surface area is 174 Å². The number of nitrogens with one attached hydrogen (secondary N) is 2. The number of carbonyl (C=O) groups is 1. The molecule has 0 amide bonds. The molecule has 152 valence electrons. The number of fused-ring (bicyclic) bond motifs is 1. The largest absolute Gasteiger partial charge is 0.497 e. The van der Waals surface area contributed by atoms with Gasteiger partial charge in [0.05, 0.1) is 13.7 Å². The predicted octanol–water partition coefficient (Wildman–Crippen LogP) is 4.73. The number of nitrogens with zero attached hydrogens (tertiary/aromatic N) is 1. The number of rotatable bonds is 7. The SMILES string of the molecule is CCOC(=O)c1[nH]c2ccc(OC)cc2c1CCN=C(Nc1ccccc1)SC. The van der Waals surface area contributed by atoms with E-state index in [9.17, 15) is 4.79 Å². The van der Waals surface area contributed by atoms with Gasteiger partial charge in [-0.1, -0.05) is 30.0 Å². The molecule has 0 fully saturated rings. The zero-order chi connectivity index (χ0) is 20.6. The molecular weight excluding hydrogens is 386 g/mol. The highest BCUT2D eigenvalue weighted by Gasteiger charge is 2.19. The summed E-state index contributed by atoms with van der Waals surface area (Å²) >= 11 is 1.55. The molecule has 0 aliphatic rings. The van der Waals surface area contributed by atoms with Crippen LogP contribution in [0.1, 0.15) is 23.0 Å². The Morgan fingerprint density at radius 1 is 1.21 bits per heavy atom. The second kappa shape index (κ2) is 10.0. The Morgan fingerprint density at radius 2 is 2.00 bits per heavy atom. The second-order valence-electron chi connectivity index (χ2n) is 6.24. The van der Waals surface area contributed by atoms with Gasteiger partial charge in [-0.25, -0.2) is 4.79 Å². The van der Waals surface area contributed by atoms with Crippen molar-refractivity contribution in [2.75, 3.05) is 31.8 Å². The van der Waals surface area contributed by atoms with Crippen molar-refractivity contribution >= 4 is 39.5 Å². The van der Waals surface area contributed by atoms with E-state index in [4.69, 9.17) is 9.47 Å². The standard InChI is InChI=1S/C22H25N3O3S/c1-4-28-21(26)20-17(18-14-16(27-2)10-11-19(18)25-20)12-13-23-22(29-3)24-15-8-6-5-7-9-15/h5-11,14,25H,4,12-13H2,1-3H3,(H,23,24). The van der Waals surface area contributed by atoms with E-state index < -0.39 is 0 Å². The highest BCUT2D eigenvalue weighted by Crippen LogP contribution is 2.28. The molecule has 0 radical (unpaired) electrons. The van der Waals surface area contributed by atoms with Crippen molar-refractivity contribution in [1.82, 2.24) is 4.98 Å². The van der Waals surface area contributed by atoms with Crippen LogP contribution >= 0.6 is 11.8 Å². The number of hydrogen-bond donors (Lipinski definition) is 2. The molecule has 29 heavy (non-hydrogen) atoms. The Bertz CT molecular complexity index is 999. The van der Waals surface area contributed by atoms with Gasteiger partial charge in [-0.3, -0.25) is 4.99 Å². The van der Waals surface area contributed by atoms with Gasteiger partial charge < -0.3 is 19.8 Å². The van der Waals surface area contributed by atoms with Crippen molar-refractivity contribution in [2.45, 2.75) is 13.3 Å². The van der Waals surface area contributed by atoms with Gasteiger partial charge in [0.25, 0.3) is 0 Å². The molecule has 2 aromatic carbocycles. The maximum atomic E-state index is 12.4. The first kappa shape index (κ1) is 20.8. The van der Waals surface area contributed by atoms with E-state index in [1.165, 1.54) is 0 Å². The number of esters is 1. The third-order valence-electron chi connectivity index (χ3n) is 4.43. The van der Waals surface area contributed by atoms with Gasteiger partial charge in [-0.15, -0.1) is 0 Å². The molecule has 1 aromatic heterocycles. The van der Waals surface area contributed by atoms with Crippen LogP contribution in [0, 0.1) is 0 Å². The van der Waals surface area contributed by atoms with E-state index in [1.54, 1.807) is 25.8 Å². The van der Waals surface area contributed by atoms with Gasteiger partial charge in [-0.05, 0) is 55.5 Å². The third kappa shape index (κ3) is 5.12. The van der Waals surface area contributed by atoms with Crippen LogP contribution in [-0.2, 0) is 11.2 Å². The Kier molecular flexibility index (Phi) is 7.19.